The van der Waals surface area contributed by atoms with Crippen molar-refractivity contribution in [3.8, 4) is 17.2 Å². The number of hydrogen-bond acceptors (Lipinski definition) is 4. The Bertz CT molecular complexity index is 536. The van der Waals surface area contributed by atoms with Gasteiger partial charge in [0.15, 0.2) is 11.5 Å². The molecule has 1 aromatic rings. The van der Waals surface area contributed by atoms with Crippen molar-refractivity contribution in [1.82, 2.24) is 0 Å². The fourth-order valence-corrected chi connectivity index (χ4v) is 1.46. The first-order valence-electron chi connectivity index (χ1n) is 8.49. The Morgan fingerprint density at radius 1 is 1.22 bits per heavy atom. The average Bonchev–Trinajstić information content (AvgIpc) is 2.40. The van der Waals surface area contributed by atoms with Gasteiger partial charge in [-0.05, 0) is 24.6 Å². The lowest BCUT2D eigenvalue weighted by molar-refractivity contribution is 0.271. The molecule has 1 rings (SSSR count). The second-order valence-electron chi connectivity index (χ2n) is 3.54. The Balaban J connectivity index is 3.25. The molecule has 0 bridgehead atoms. The van der Waals surface area contributed by atoms with Gasteiger partial charge in [-0.2, -0.15) is 0 Å². The Morgan fingerprint density at radius 2 is 2.00 bits per heavy atom. The summed E-state index contributed by atoms with van der Waals surface area (Å²) in [6.45, 7) is -0.455. The van der Waals surface area contributed by atoms with E-state index in [0.29, 0.717) is 5.56 Å². The monoisotopic (exact) mass is 263 g/mol. The number of nitrogens with two attached hydrogens (primary N) is 1. The third-order valence-electron chi connectivity index (χ3n) is 2.30. The van der Waals surface area contributed by atoms with Crippen molar-refractivity contribution in [2.24, 2.45) is 5.73 Å². The van der Waals surface area contributed by atoms with Crippen LogP contribution in [0, 0.1) is 0 Å². The molecule has 0 unspecified atom stereocenters. The van der Waals surface area contributed by atoms with Gasteiger partial charge in [0, 0.05) is 12.5 Å². The molecule has 0 aromatic heterocycles. The first-order chi connectivity index (χ1) is 11.1. The van der Waals surface area contributed by atoms with Crippen LogP contribution in [-0.2, 0) is 6.42 Å². The lowest BCUT2D eigenvalue weighted by Crippen LogP contribution is -2.06. The van der Waals surface area contributed by atoms with E-state index in [9.17, 15) is 4.39 Å². The molecule has 0 radical (unpaired) electrons. The summed E-state index contributed by atoms with van der Waals surface area (Å²) in [5.74, 6) is -0.177. The standard InChI is InChI=1S/C13H20FNO3/c1-16-11-9-13(18-7-3-5-14)12(17-2)8-10(11)4-6-15/h8-9H,3-7,15H2,1-2H3/i1D3,2D3. The molecule has 0 saturated heterocycles. The third-order valence-corrected chi connectivity index (χ3v) is 2.30. The third kappa shape index (κ3) is 3.77. The molecule has 0 amide bonds. The van der Waals surface area contributed by atoms with Gasteiger partial charge < -0.3 is 19.9 Å². The van der Waals surface area contributed by atoms with Crippen LogP contribution in [-0.4, -0.2) is 33.9 Å². The molecule has 2 N–H and O–H groups in total. The summed E-state index contributed by atoms with van der Waals surface area (Å²) in [4.78, 5) is 0. The van der Waals surface area contributed by atoms with Crippen LogP contribution in [0.25, 0.3) is 0 Å². The SMILES string of the molecule is [2H]C([2H])([2H])Oc1cc(OCCCF)c(OC([2H])([2H])[2H])cc1CCN. The summed E-state index contributed by atoms with van der Waals surface area (Å²) >= 11 is 0. The number of benzene rings is 1. The van der Waals surface area contributed by atoms with Crippen LogP contribution in [0.3, 0.4) is 0 Å². The molecule has 4 nitrogen and oxygen atoms in total. The van der Waals surface area contributed by atoms with E-state index < -0.39 is 20.8 Å². The van der Waals surface area contributed by atoms with Gasteiger partial charge >= 0.3 is 0 Å². The highest BCUT2D eigenvalue weighted by Gasteiger charge is 2.11. The molecular weight excluding hydrogens is 237 g/mol. The van der Waals surface area contributed by atoms with Crippen molar-refractivity contribution in [1.29, 1.82) is 0 Å². The minimum Gasteiger partial charge on any atom is -0.496 e. The highest BCUT2D eigenvalue weighted by molar-refractivity contribution is 5.50. The quantitative estimate of drug-likeness (QED) is 0.728. The molecule has 102 valence electrons. The van der Waals surface area contributed by atoms with E-state index in [-0.39, 0.29) is 43.2 Å². The first kappa shape index (κ1) is 7.84. The molecule has 0 aliphatic carbocycles. The van der Waals surface area contributed by atoms with E-state index in [4.69, 9.17) is 28.2 Å². The van der Waals surface area contributed by atoms with E-state index in [1.54, 1.807) is 0 Å². The van der Waals surface area contributed by atoms with E-state index >= 15 is 0 Å². The summed E-state index contributed by atoms with van der Waals surface area (Å²) in [7, 11) is -5.43. The zero-order valence-electron chi connectivity index (χ0n) is 15.9. The maximum Gasteiger partial charge on any atom is 0.164 e. The second kappa shape index (κ2) is 7.76. The van der Waals surface area contributed by atoms with Gasteiger partial charge in [0.1, 0.15) is 5.75 Å². The normalized spacial score (nSPS) is 16.6. The van der Waals surface area contributed by atoms with E-state index in [0.717, 1.165) is 0 Å². The average molecular weight is 263 g/mol. The smallest absolute Gasteiger partial charge is 0.164 e. The zero-order chi connectivity index (χ0) is 18.4. The van der Waals surface area contributed by atoms with E-state index in [1.165, 1.54) is 12.1 Å². The first-order valence-corrected chi connectivity index (χ1v) is 5.49. The van der Waals surface area contributed by atoms with Crippen LogP contribution in [0.5, 0.6) is 17.2 Å². The van der Waals surface area contributed by atoms with Gasteiger partial charge in [0.2, 0.25) is 0 Å². The van der Waals surface area contributed by atoms with Crippen LogP contribution < -0.4 is 19.9 Å². The lowest BCUT2D eigenvalue weighted by atomic mass is 10.1. The number of halogens is 1. The summed E-state index contributed by atoms with van der Waals surface area (Å²) in [6.07, 6.45) is 0.334. The Kier molecular flexibility index (Phi) is 3.38. The minimum absolute atomic E-state index is 0.0198. The fraction of sp³-hybridized carbons (Fsp3) is 0.538. The maximum atomic E-state index is 12.2. The molecule has 0 heterocycles. The Labute approximate surface area is 115 Å². The molecule has 0 saturated carbocycles. The van der Waals surface area contributed by atoms with Gasteiger partial charge in [0.05, 0.1) is 35.6 Å². The zero-order valence-corrected chi connectivity index (χ0v) is 9.87. The molecule has 0 fully saturated rings. The van der Waals surface area contributed by atoms with Gasteiger partial charge in [-0.15, -0.1) is 0 Å². The molecule has 18 heavy (non-hydrogen) atoms. The highest BCUT2D eigenvalue weighted by atomic mass is 19.1. The van der Waals surface area contributed by atoms with Crippen molar-refractivity contribution < 1.29 is 26.8 Å². The molecule has 0 atom stereocenters. The maximum absolute atomic E-state index is 12.2. The molecular formula is C13H20FNO3. The number of rotatable bonds is 8. The topological polar surface area (TPSA) is 53.7 Å². The van der Waals surface area contributed by atoms with Crippen LogP contribution in [0.15, 0.2) is 12.1 Å². The minimum atomic E-state index is -2.73. The molecule has 0 aliphatic rings. The fourth-order valence-electron chi connectivity index (χ4n) is 1.46. The van der Waals surface area contributed by atoms with Crippen LogP contribution >= 0.6 is 0 Å². The van der Waals surface area contributed by atoms with Crippen LogP contribution in [0.4, 0.5) is 4.39 Å². The summed E-state index contributed by atoms with van der Waals surface area (Å²) in [5.41, 5.74) is 5.85. The molecule has 0 spiro atoms. The molecule has 0 aliphatic heterocycles. The highest BCUT2D eigenvalue weighted by Crippen LogP contribution is 2.35. The van der Waals surface area contributed by atoms with E-state index in [1.807, 2.05) is 0 Å². The number of hydrogen-bond donors (Lipinski definition) is 1. The number of alkyl halides is 1. The molecule has 5 heteroatoms. The van der Waals surface area contributed by atoms with E-state index in [2.05, 4.69) is 0 Å². The van der Waals surface area contributed by atoms with Crippen molar-refractivity contribution in [3.05, 3.63) is 17.7 Å². The van der Waals surface area contributed by atoms with Crippen LogP contribution in [0.1, 0.15) is 20.2 Å². The predicted octanol–water partition coefficient (Wildman–Crippen LogP) is 1.94. The predicted molar refractivity (Wildman–Crippen MR) is 68.4 cm³/mol. The summed E-state index contributed by atoms with van der Waals surface area (Å²) < 4.78 is 70.5. The van der Waals surface area contributed by atoms with Crippen molar-refractivity contribution in [3.63, 3.8) is 0 Å². The van der Waals surface area contributed by atoms with Crippen LogP contribution in [0.2, 0.25) is 0 Å². The van der Waals surface area contributed by atoms with Crippen molar-refractivity contribution in [2.45, 2.75) is 12.8 Å². The number of ether oxygens (including phenoxy) is 3. The molecule has 1 aromatic carbocycles. The Hall–Kier alpha value is -1.49. The Morgan fingerprint density at radius 3 is 2.67 bits per heavy atom. The summed E-state index contributed by atoms with van der Waals surface area (Å²) in [5, 5.41) is 0. The van der Waals surface area contributed by atoms with Gasteiger partial charge in [-0.1, -0.05) is 0 Å². The van der Waals surface area contributed by atoms with Gasteiger partial charge in [-0.3, -0.25) is 4.39 Å². The number of methoxy groups -OCH3 is 2. The van der Waals surface area contributed by atoms with Crippen molar-refractivity contribution >= 4 is 0 Å². The summed E-state index contributed by atoms with van der Waals surface area (Å²) in [6, 6.07) is 2.53. The van der Waals surface area contributed by atoms with Crippen molar-refractivity contribution in [2.75, 3.05) is 33.9 Å². The lowest BCUT2D eigenvalue weighted by Gasteiger charge is -2.15. The largest absolute Gasteiger partial charge is 0.496 e. The van der Waals surface area contributed by atoms with Gasteiger partial charge in [-0.25, -0.2) is 0 Å². The van der Waals surface area contributed by atoms with Gasteiger partial charge in [0.25, 0.3) is 0 Å². The second-order valence-corrected chi connectivity index (χ2v) is 3.54.